The standard InChI is InChI=1S/C11H8ClN3O3S/c12-6-1-2-8(16)7(5-6)14-9(17)10(18)15-11-13-3-4-19-11/h1-5,16H,(H,14,17)(H,13,15,18). The number of aromatic nitrogens is 1. The first-order chi connectivity index (χ1) is 9.06. The molecule has 98 valence electrons. The fraction of sp³-hybridized carbons (Fsp3) is 0. The van der Waals surface area contributed by atoms with Crippen molar-refractivity contribution in [3.05, 3.63) is 34.8 Å². The van der Waals surface area contributed by atoms with E-state index in [0.29, 0.717) is 10.2 Å². The van der Waals surface area contributed by atoms with Gasteiger partial charge in [0.25, 0.3) is 0 Å². The summed E-state index contributed by atoms with van der Waals surface area (Å²) in [6.45, 7) is 0. The molecular formula is C11H8ClN3O3S. The zero-order valence-electron chi connectivity index (χ0n) is 9.38. The van der Waals surface area contributed by atoms with Crippen LogP contribution in [-0.4, -0.2) is 21.9 Å². The molecule has 0 aliphatic heterocycles. The molecule has 0 spiro atoms. The molecule has 8 heteroatoms. The monoisotopic (exact) mass is 297 g/mol. The van der Waals surface area contributed by atoms with Gasteiger partial charge >= 0.3 is 11.8 Å². The molecule has 1 aromatic heterocycles. The molecule has 2 rings (SSSR count). The highest BCUT2D eigenvalue weighted by atomic mass is 35.5. The van der Waals surface area contributed by atoms with Gasteiger partial charge in [0.2, 0.25) is 0 Å². The van der Waals surface area contributed by atoms with E-state index in [0.717, 1.165) is 0 Å². The van der Waals surface area contributed by atoms with Crippen LogP contribution in [0.15, 0.2) is 29.8 Å². The summed E-state index contributed by atoms with van der Waals surface area (Å²) in [6, 6.07) is 4.12. The molecule has 0 aliphatic rings. The Morgan fingerprint density at radius 3 is 2.68 bits per heavy atom. The third-order valence-corrected chi connectivity index (χ3v) is 2.99. The minimum absolute atomic E-state index is 0.0618. The number of anilines is 2. The normalized spacial score (nSPS) is 9.95. The molecular weight excluding hydrogens is 290 g/mol. The summed E-state index contributed by atoms with van der Waals surface area (Å²) in [6.07, 6.45) is 1.50. The van der Waals surface area contributed by atoms with E-state index in [1.807, 2.05) is 0 Å². The molecule has 6 nitrogen and oxygen atoms in total. The Balaban J connectivity index is 2.04. The van der Waals surface area contributed by atoms with E-state index in [1.165, 1.54) is 35.7 Å². The highest BCUT2D eigenvalue weighted by molar-refractivity contribution is 7.13. The van der Waals surface area contributed by atoms with Crippen LogP contribution < -0.4 is 10.6 Å². The van der Waals surface area contributed by atoms with Gasteiger partial charge in [0.05, 0.1) is 5.69 Å². The van der Waals surface area contributed by atoms with Gasteiger partial charge < -0.3 is 10.4 Å². The molecule has 3 N–H and O–H groups in total. The number of rotatable bonds is 2. The van der Waals surface area contributed by atoms with Crippen molar-refractivity contribution in [1.82, 2.24) is 4.98 Å². The first-order valence-corrected chi connectivity index (χ1v) is 6.32. The predicted octanol–water partition coefficient (Wildman–Crippen LogP) is 2.08. The molecule has 0 fully saturated rings. The molecule has 1 aromatic carbocycles. The van der Waals surface area contributed by atoms with Gasteiger partial charge in [-0.2, -0.15) is 0 Å². The van der Waals surface area contributed by atoms with Gasteiger partial charge in [-0.3, -0.25) is 14.9 Å². The van der Waals surface area contributed by atoms with Crippen molar-refractivity contribution in [2.45, 2.75) is 0 Å². The van der Waals surface area contributed by atoms with E-state index in [9.17, 15) is 14.7 Å². The number of carbonyl (C=O) groups excluding carboxylic acids is 2. The first kappa shape index (κ1) is 13.3. The molecule has 0 unspecified atom stereocenters. The second kappa shape index (κ2) is 5.68. The summed E-state index contributed by atoms with van der Waals surface area (Å²) in [5.41, 5.74) is 0.0618. The topological polar surface area (TPSA) is 91.3 Å². The zero-order valence-corrected chi connectivity index (χ0v) is 11.0. The van der Waals surface area contributed by atoms with E-state index in [-0.39, 0.29) is 11.4 Å². The molecule has 0 saturated heterocycles. The van der Waals surface area contributed by atoms with Gasteiger partial charge in [-0.15, -0.1) is 11.3 Å². The lowest BCUT2D eigenvalue weighted by atomic mass is 10.3. The smallest absolute Gasteiger partial charge is 0.315 e. The molecule has 0 radical (unpaired) electrons. The molecule has 0 saturated carbocycles. The van der Waals surface area contributed by atoms with Crippen molar-refractivity contribution in [2.75, 3.05) is 10.6 Å². The van der Waals surface area contributed by atoms with Gasteiger partial charge in [0.15, 0.2) is 5.13 Å². The molecule has 0 bridgehead atoms. The van der Waals surface area contributed by atoms with Crippen molar-refractivity contribution in [2.24, 2.45) is 0 Å². The number of nitrogens with one attached hydrogen (secondary N) is 2. The first-order valence-electron chi connectivity index (χ1n) is 5.06. The second-order valence-corrected chi connectivity index (χ2v) is 4.74. The number of amides is 2. The number of hydrogen-bond donors (Lipinski definition) is 3. The number of halogens is 1. The summed E-state index contributed by atoms with van der Waals surface area (Å²) in [5.74, 6) is -1.98. The number of aromatic hydroxyl groups is 1. The lowest BCUT2D eigenvalue weighted by Gasteiger charge is -2.07. The third-order valence-electron chi connectivity index (χ3n) is 2.07. The lowest BCUT2D eigenvalue weighted by Crippen LogP contribution is -2.29. The Hall–Kier alpha value is -2.12. The Morgan fingerprint density at radius 1 is 1.26 bits per heavy atom. The summed E-state index contributed by atoms with van der Waals surface area (Å²) in [7, 11) is 0. The Labute approximate surface area is 117 Å². The average Bonchev–Trinajstić information content (AvgIpc) is 2.86. The molecule has 19 heavy (non-hydrogen) atoms. The summed E-state index contributed by atoms with van der Waals surface area (Å²) in [5, 5.41) is 16.4. The summed E-state index contributed by atoms with van der Waals surface area (Å²) >= 11 is 6.91. The van der Waals surface area contributed by atoms with Crippen LogP contribution in [0.2, 0.25) is 5.02 Å². The van der Waals surface area contributed by atoms with Crippen molar-refractivity contribution in [1.29, 1.82) is 0 Å². The third kappa shape index (κ3) is 3.43. The fourth-order valence-electron chi connectivity index (χ4n) is 1.23. The minimum Gasteiger partial charge on any atom is -0.506 e. The Bertz CT molecular complexity index is 616. The molecule has 1 heterocycles. The largest absolute Gasteiger partial charge is 0.506 e. The molecule has 0 atom stereocenters. The van der Waals surface area contributed by atoms with Crippen LogP contribution in [0.1, 0.15) is 0 Å². The van der Waals surface area contributed by atoms with Gasteiger partial charge in [-0.05, 0) is 18.2 Å². The number of carbonyl (C=O) groups is 2. The molecule has 2 amide bonds. The van der Waals surface area contributed by atoms with Crippen LogP contribution >= 0.6 is 22.9 Å². The van der Waals surface area contributed by atoms with Crippen molar-refractivity contribution >= 4 is 45.6 Å². The van der Waals surface area contributed by atoms with Crippen LogP contribution in [0.3, 0.4) is 0 Å². The SMILES string of the molecule is O=C(Nc1nccs1)C(=O)Nc1cc(Cl)ccc1O. The fourth-order valence-corrected chi connectivity index (χ4v) is 1.92. The van der Waals surface area contributed by atoms with Crippen molar-refractivity contribution < 1.29 is 14.7 Å². The summed E-state index contributed by atoms with van der Waals surface area (Å²) in [4.78, 5) is 27.0. The lowest BCUT2D eigenvalue weighted by molar-refractivity contribution is -0.133. The van der Waals surface area contributed by atoms with Gasteiger partial charge in [0, 0.05) is 16.6 Å². The maximum absolute atomic E-state index is 11.6. The van der Waals surface area contributed by atoms with Gasteiger partial charge in [0.1, 0.15) is 5.75 Å². The molecule has 0 aliphatic carbocycles. The molecule has 2 aromatic rings. The quantitative estimate of drug-likeness (QED) is 0.584. The number of phenolic OH excluding ortho intramolecular Hbond substituents is 1. The van der Waals surface area contributed by atoms with Crippen molar-refractivity contribution in [3.8, 4) is 5.75 Å². The summed E-state index contributed by atoms with van der Waals surface area (Å²) < 4.78 is 0. The predicted molar refractivity (Wildman–Crippen MR) is 72.5 cm³/mol. The van der Waals surface area contributed by atoms with Crippen LogP contribution in [-0.2, 0) is 9.59 Å². The van der Waals surface area contributed by atoms with E-state index >= 15 is 0 Å². The number of phenols is 1. The van der Waals surface area contributed by atoms with Crippen LogP contribution in [0.25, 0.3) is 0 Å². The number of nitrogens with zero attached hydrogens (tertiary/aromatic N) is 1. The van der Waals surface area contributed by atoms with E-state index in [1.54, 1.807) is 5.38 Å². The van der Waals surface area contributed by atoms with Crippen LogP contribution in [0, 0.1) is 0 Å². The Kier molecular flexibility index (Phi) is 3.98. The van der Waals surface area contributed by atoms with Crippen LogP contribution in [0.5, 0.6) is 5.75 Å². The van der Waals surface area contributed by atoms with Crippen LogP contribution in [0.4, 0.5) is 10.8 Å². The number of benzene rings is 1. The van der Waals surface area contributed by atoms with E-state index < -0.39 is 11.8 Å². The average molecular weight is 298 g/mol. The maximum Gasteiger partial charge on any atom is 0.315 e. The highest BCUT2D eigenvalue weighted by Crippen LogP contribution is 2.26. The second-order valence-electron chi connectivity index (χ2n) is 3.41. The van der Waals surface area contributed by atoms with Gasteiger partial charge in [-0.25, -0.2) is 4.98 Å². The van der Waals surface area contributed by atoms with Gasteiger partial charge in [-0.1, -0.05) is 11.6 Å². The highest BCUT2D eigenvalue weighted by Gasteiger charge is 2.16. The van der Waals surface area contributed by atoms with Crippen molar-refractivity contribution in [3.63, 3.8) is 0 Å². The van der Waals surface area contributed by atoms with E-state index in [2.05, 4.69) is 15.6 Å². The number of thiazole rings is 1. The van der Waals surface area contributed by atoms with E-state index in [4.69, 9.17) is 11.6 Å². The Morgan fingerprint density at radius 2 is 2.00 bits per heavy atom. The maximum atomic E-state index is 11.6. The number of hydrogen-bond acceptors (Lipinski definition) is 5. The minimum atomic E-state index is -0.923. The zero-order chi connectivity index (χ0) is 13.8.